The van der Waals surface area contributed by atoms with E-state index in [1.54, 1.807) is 12.3 Å². The standard InChI is InChI=1S/C11H13N3/c1-14(8-9-2-3-9)11-5-4-10(6-12)13-7-11/h4-5,7,9H,2-3,8H2,1H3. The number of rotatable bonds is 3. The van der Waals surface area contributed by atoms with Crippen molar-refractivity contribution in [2.45, 2.75) is 12.8 Å². The third-order valence-electron chi connectivity index (χ3n) is 2.53. The summed E-state index contributed by atoms with van der Waals surface area (Å²) in [6.07, 6.45) is 4.48. The van der Waals surface area contributed by atoms with E-state index in [1.807, 2.05) is 12.1 Å². The van der Waals surface area contributed by atoms with E-state index in [-0.39, 0.29) is 0 Å². The molecule has 1 heterocycles. The molecule has 1 fully saturated rings. The molecule has 0 aromatic carbocycles. The van der Waals surface area contributed by atoms with Gasteiger partial charge in [0, 0.05) is 13.6 Å². The second kappa shape index (κ2) is 3.67. The van der Waals surface area contributed by atoms with Crippen LogP contribution in [-0.4, -0.2) is 18.6 Å². The van der Waals surface area contributed by atoms with Crippen molar-refractivity contribution in [3.63, 3.8) is 0 Å². The van der Waals surface area contributed by atoms with E-state index in [1.165, 1.54) is 12.8 Å². The van der Waals surface area contributed by atoms with Crippen LogP contribution in [0, 0.1) is 17.2 Å². The summed E-state index contributed by atoms with van der Waals surface area (Å²) in [7, 11) is 2.07. The SMILES string of the molecule is CN(CC1CC1)c1ccc(C#N)nc1. The Morgan fingerprint density at radius 2 is 2.36 bits per heavy atom. The largest absolute Gasteiger partial charge is 0.373 e. The molecule has 0 amide bonds. The van der Waals surface area contributed by atoms with Gasteiger partial charge in [-0.2, -0.15) is 5.26 Å². The van der Waals surface area contributed by atoms with E-state index in [4.69, 9.17) is 5.26 Å². The number of hydrogen-bond donors (Lipinski definition) is 0. The zero-order valence-corrected chi connectivity index (χ0v) is 8.27. The maximum atomic E-state index is 8.60. The fourth-order valence-electron chi connectivity index (χ4n) is 1.47. The van der Waals surface area contributed by atoms with E-state index in [2.05, 4.69) is 16.9 Å². The fourth-order valence-corrected chi connectivity index (χ4v) is 1.47. The highest BCUT2D eigenvalue weighted by Crippen LogP contribution is 2.30. The number of nitriles is 1. The molecule has 1 saturated carbocycles. The molecule has 1 aromatic rings. The Kier molecular flexibility index (Phi) is 2.36. The van der Waals surface area contributed by atoms with Crippen LogP contribution in [0.2, 0.25) is 0 Å². The lowest BCUT2D eigenvalue weighted by Crippen LogP contribution is -2.19. The molecule has 1 aliphatic rings. The highest BCUT2D eigenvalue weighted by Gasteiger charge is 2.22. The smallest absolute Gasteiger partial charge is 0.140 e. The van der Waals surface area contributed by atoms with Gasteiger partial charge in [0.1, 0.15) is 11.8 Å². The maximum Gasteiger partial charge on any atom is 0.140 e. The fraction of sp³-hybridized carbons (Fsp3) is 0.455. The monoisotopic (exact) mass is 187 g/mol. The molecule has 0 N–H and O–H groups in total. The minimum Gasteiger partial charge on any atom is -0.373 e. The summed E-state index contributed by atoms with van der Waals surface area (Å²) in [5, 5.41) is 8.60. The van der Waals surface area contributed by atoms with Crippen LogP contribution in [-0.2, 0) is 0 Å². The van der Waals surface area contributed by atoms with Gasteiger partial charge in [-0.25, -0.2) is 4.98 Å². The van der Waals surface area contributed by atoms with Gasteiger partial charge in [-0.15, -0.1) is 0 Å². The van der Waals surface area contributed by atoms with Crippen molar-refractivity contribution in [3.8, 4) is 6.07 Å². The number of pyridine rings is 1. The minimum atomic E-state index is 0.480. The lowest BCUT2D eigenvalue weighted by atomic mass is 10.3. The Bertz CT molecular complexity index is 346. The molecule has 1 aromatic heterocycles. The summed E-state index contributed by atoms with van der Waals surface area (Å²) in [5.74, 6) is 0.871. The average Bonchev–Trinajstić information content (AvgIpc) is 3.02. The number of hydrogen-bond acceptors (Lipinski definition) is 3. The van der Waals surface area contributed by atoms with Gasteiger partial charge >= 0.3 is 0 Å². The minimum absolute atomic E-state index is 0.480. The lowest BCUT2D eigenvalue weighted by molar-refractivity contribution is 0.785. The molecule has 0 saturated heterocycles. The first-order valence-corrected chi connectivity index (χ1v) is 4.87. The zero-order valence-electron chi connectivity index (χ0n) is 8.27. The molecular weight excluding hydrogens is 174 g/mol. The van der Waals surface area contributed by atoms with E-state index < -0.39 is 0 Å². The Morgan fingerprint density at radius 3 is 2.86 bits per heavy atom. The third kappa shape index (κ3) is 2.02. The molecule has 14 heavy (non-hydrogen) atoms. The van der Waals surface area contributed by atoms with Crippen molar-refractivity contribution < 1.29 is 0 Å². The summed E-state index contributed by atoms with van der Waals surface area (Å²) in [5.41, 5.74) is 1.57. The zero-order chi connectivity index (χ0) is 9.97. The van der Waals surface area contributed by atoms with Crippen molar-refractivity contribution in [3.05, 3.63) is 24.0 Å². The van der Waals surface area contributed by atoms with Crippen LogP contribution in [0.1, 0.15) is 18.5 Å². The molecule has 2 rings (SSSR count). The molecular formula is C11H13N3. The average molecular weight is 187 g/mol. The molecule has 3 nitrogen and oxygen atoms in total. The van der Waals surface area contributed by atoms with Crippen LogP contribution in [0.5, 0.6) is 0 Å². The summed E-state index contributed by atoms with van der Waals surface area (Å²) in [6.45, 7) is 1.10. The van der Waals surface area contributed by atoms with Gasteiger partial charge in [0.05, 0.1) is 11.9 Å². The molecule has 0 atom stereocenters. The van der Waals surface area contributed by atoms with E-state index in [0.29, 0.717) is 5.69 Å². The Hall–Kier alpha value is -1.56. The Morgan fingerprint density at radius 1 is 1.57 bits per heavy atom. The van der Waals surface area contributed by atoms with Crippen LogP contribution >= 0.6 is 0 Å². The van der Waals surface area contributed by atoms with E-state index in [0.717, 1.165) is 18.2 Å². The first kappa shape index (κ1) is 9.01. The van der Waals surface area contributed by atoms with E-state index in [9.17, 15) is 0 Å². The van der Waals surface area contributed by atoms with Crippen molar-refractivity contribution in [1.29, 1.82) is 5.26 Å². The van der Waals surface area contributed by atoms with Crippen LogP contribution in [0.15, 0.2) is 18.3 Å². The predicted molar refractivity (Wildman–Crippen MR) is 54.9 cm³/mol. The molecule has 0 radical (unpaired) electrons. The highest BCUT2D eigenvalue weighted by molar-refractivity contribution is 5.45. The van der Waals surface area contributed by atoms with Crippen molar-refractivity contribution in [2.24, 2.45) is 5.92 Å². The van der Waals surface area contributed by atoms with Gasteiger partial charge in [-0.05, 0) is 30.9 Å². The maximum absolute atomic E-state index is 8.60. The topological polar surface area (TPSA) is 39.9 Å². The molecule has 0 aliphatic heterocycles. The first-order chi connectivity index (χ1) is 6.79. The third-order valence-corrected chi connectivity index (χ3v) is 2.53. The molecule has 0 unspecified atom stereocenters. The summed E-state index contributed by atoms with van der Waals surface area (Å²) in [6, 6.07) is 5.73. The van der Waals surface area contributed by atoms with Gasteiger partial charge in [-0.3, -0.25) is 0 Å². The number of nitrogens with zero attached hydrogens (tertiary/aromatic N) is 3. The molecule has 0 spiro atoms. The summed E-state index contributed by atoms with van der Waals surface area (Å²) in [4.78, 5) is 6.24. The van der Waals surface area contributed by atoms with Gasteiger partial charge < -0.3 is 4.90 Å². The highest BCUT2D eigenvalue weighted by atomic mass is 15.1. The van der Waals surface area contributed by atoms with E-state index >= 15 is 0 Å². The predicted octanol–water partition coefficient (Wildman–Crippen LogP) is 1.80. The van der Waals surface area contributed by atoms with Gasteiger partial charge in [0.25, 0.3) is 0 Å². The van der Waals surface area contributed by atoms with Crippen molar-refractivity contribution in [2.75, 3.05) is 18.5 Å². The van der Waals surface area contributed by atoms with Crippen LogP contribution < -0.4 is 4.90 Å². The molecule has 0 bridgehead atoms. The van der Waals surface area contributed by atoms with Crippen molar-refractivity contribution >= 4 is 5.69 Å². The molecule has 3 heteroatoms. The first-order valence-electron chi connectivity index (χ1n) is 4.87. The van der Waals surface area contributed by atoms with Crippen LogP contribution in [0.25, 0.3) is 0 Å². The van der Waals surface area contributed by atoms with Crippen LogP contribution in [0.4, 0.5) is 5.69 Å². The lowest BCUT2D eigenvalue weighted by Gasteiger charge is -2.18. The van der Waals surface area contributed by atoms with Crippen molar-refractivity contribution in [1.82, 2.24) is 4.98 Å². The number of anilines is 1. The molecule has 1 aliphatic carbocycles. The second-order valence-corrected chi connectivity index (χ2v) is 3.84. The normalized spacial score (nSPS) is 14.9. The summed E-state index contributed by atoms with van der Waals surface area (Å²) >= 11 is 0. The second-order valence-electron chi connectivity index (χ2n) is 3.84. The van der Waals surface area contributed by atoms with Gasteiger partial charge in [-0.1, -0.05) is 0 Å². The van der Waals surface area contributed by atoms with Gasteiger partial charge in [0.15, 0.2) is 0 Å². The molecule has 72 valence electrons. The summed E-state index contributed by atoms with van der Waals surface area (Å²) < 4.78 is 0. The quantitative estimate of drug-likeness (QED) is 0.724. The Balaban J connectivity index is 2.04. The van der Waals surface area contributed by atoms with Gasteiger partial charge in [0.2, 0.25) is 0 Å². The Labute approximate surface area is 84.0 Å². The van der Waals surface area contributed by atoms with Crippen LogP contribution in [0.3, 0.4) is 0 Å². The number of aromatic nitrogens is 1.